The molecule has 0 N–H and O–H groups in total. The number of aromatic nitrogens is 1. The molecule has 1 atom stereocenters. The van der Waals surface area contributed by atoms with Crippen LogP contribution in [0.4, 0.5) is 0 Å². The maximum Gasteiger partial charge on any atom is 0.336 e. The van der Waals surface area contributed by atoms with E-state index < -0.39 is 5.63 Å². The minimum Gasteiger partial charge on any atom is -0.425 e. The Hall–Kier alpha value is -3.73. The molecule has 3 heterocycles. The molecule has 0 saturated carbocycles. The summed E-state index contributed by atoms with van der Waals surface area (Å²) in [5.74, 6) is 0.0197. The first-order chi connectivity index (χ1) is 14.1. The summed E-state index contributed by atoms with van der Waals surface area (Å²) in [5, 5.41) is 0.642. The van der Waals surface area contributed by atoms with E-state index in [0.29, 0.717) is 22.3 Å². The van der Waals surface area contributed by atoms with Crippen LogP contribution in [0.5, 0.6) is 5.75 Å². The lowest BCUT2D eigenvalue weighted by atomic mass is 9.82. The molecular weight excluding hydrogens is 366 g/mol. The largest absolute Gasteiger partial charge is 0.425 e. The van der Waals surface area contributed by atoms with Crippen LogP contribution in [-0.4, -0.2) is 11.0 Å². The Morgan fingerprint density at radius 1 is 1.00 bits per heavy atom. The lowest BCUT2D eigenvalue weighted by Crippen LogP contribution is -2.22. The van der Waals surface area contributed by atoms with Gasteiger partial charge in [0, 0.05) is 35.5 Å². The highest BCUT2D eigenvalue weighted by molar-refractivity contribution is 6.01. The fraction of sp³-hybridized carbons (Fsp3) is 0.125. The molecule has 1 aliphatic rings. The van der Waals surface area contributed by atoms with Crippen molar-refractivity contribution in [3.05, 3.63) is 94.1 Å². The molecular formula is C24H17NO4. The monoisotopic (exact) mass is 383 g/mol. The molecule has 4 aromatic rings. The highest BCUT2D eigenvalue weighted by atomic mass is 16.5. The zero-order valence-electron chi connectivity index (χ0n) is 15.7. The summed E-state index contributed by atoms with van der Waals surface area (Å²) in [5.41, 5.74) is 4.37. The van der Waals surface area contributed by atoms with E-state index in [1.807, 2.05) is 55.5 Å². The van der Waals surface area contributed by atoms with Crippen LogP contribution in [-0.2, 0) is 4.79 Å². The Labute approximate surface area is 166 Å². The first kappa shape index (κ1) is 17.4. The van der Waals surface area contributed by atoms with Crippen molar-refractivity contribution in [1.82, 2.24) is 4.98 Å². The lowest BCUT2D eigenvalue weighted by molar-refractivity contribution is -0.135. The quantitative estimate of drug-likeness (QED) is 0.287. The fourth-order valence-electron chi connectivity index (χ4n) is 4.12. The van der Waals surface area contributed by atoms with Gasteiger partial charge in [0.15, 0.2) is 0 Å². The molecule has 0 spiro atoms. The van der Waals surface area contributed by atoms with Crippen molar-refractivity contribution in [2.24, 2.45) is 0 Å². The number of carbonyl (C=O) groups excluding carboxylic acids is 1. The third kappa shape index (κ3) is 2.91. The van der Waals surface area contributed by atoms with Crippen LogP contribution in [0.3, 0.4) is 0 Å². The molecule has 5 nitrogen and oxygen atoms in total. The van der Waals surface area contributed by atoms with E-state index in [4.69, 9.17) is 9.15 Å². The summed E-state index contributed by atoms with van der Waals surface area (Å²) in [4.78, 5) is 28.9. The number of aryl methyl sites for hydroxylation is 1. The van der Waals surface area contributed by atoms with E-state index in [1.165, 1.54) is 6.07 Å². The predicted octanol–water partition coefficient (Wildman–Crippen LogP) is 4.60. The average molecular weight is 383 g/mol. The zero-order valence-corrected chi connectivity index (χ0v) is 15.7. The Bertz CT molecular complexity index is 1290. The lowest BCUT2D eigenvalue weighted by Gasteiger charge is -2.28. The Kier molecular flexibility index (Phi) is 4.02. The van der Waals surface area contributed by atoms with E-state index in [0.717, 1.165) is 22.3 Å². The third-order valence-corrected chi connectivity index (χ3v) is 5.36. The summed E-state index contributed by atoms with van der Waals surface area (Å²) >= 11 is 0. The number of rotatable bonds is 2. The van der Waals surface area contributed by atoms with Gasteiger partial charge in [0.05, 0.1) is 11.8 Å². The van der Waals surface area contributed by atoms with Gasteiger partial charge in [0.25, 0.3) is 0 Å². The number of carbonyl (C=O) groups is 1. The number of ether oxygens (including phenoxy) is 1. The van der Waals surface area contributed by atoms with Crippen molar-refractivity contribution >= 4 is 16.9 Å². The van der Waals surface area contributed by atoms with Gasteiger partial charge in [-0.15, -0.1) is 0 Å². The standard InChI is InChI=1S/C24H17NO4/c1-14-11-19-23(18(13-20(26)28-19)15-5-3-2-4-6-15)24-22(14)17(12-21(27)29-24)16-7-9-25-10-8-16/h2-11,13,17H,12H2,1H3/t17-/m0/s1. The molecule has 0 unspecified atom stereocenters. The fourth-order valence-corrected chi connectivity index (χ4v) is 4.12. The highest BCUT2D eigenvalue weighted by Gasteiger charge is 2.33. The summed E-state index contributed by atoms with van der Waals surface area (Å²) < 4.78 is 11.3. The highest BCUT2D eigenvalue weighted by Crippen LogP contribution is 2.47. The summed E-state index contributed by atoms with van der Waals surface area (Å²) in [6, 6.07) is 16.7. The van der Waals surface area contributed by atoms with Gasteiger partial charge < -0.3 is 9.15 Å². The minimum atomic E-state index is -0.441. The summed E-state index contributed by atoms with van der Waals surface area (Å²) in [6.07, 6.45) is 3.69. The molecule has 1 aliphatic heterocycles. The number of pyridine rings is 1. The van der Waals surface area contributed by atoms with Gasteiger partial charge >= 0.3 is 11.6 Å². The Morgan fingerprint density at radius 2 is 1.76 bits per heavy atom. The molecule has 0 radical (unpaired) electrons. The van der Waals surface area contributed by atoms with E-state index in [-0.39, 0.29) is 18.3 Å². The zero-order chi connectivity index (χ0) is 20.0. The molecule has 0 aliphatic carbocycles. The molecule has 2 aromatic heterocycles. The van der Waals surface area contributed by atoms with Crippen LogP contribution >= 0.6 is 0 Å². The second-order valence-corrected chi connectivity index (χ2v) is 7.17. The van der Waals surface area contributed by atoms with Crippen LogP contribution < -0.4 is 10.4 Å². The number of benzene rings is 2. The van der Waals surface area contributed by atoms with Gasteiger partial charge in [0.2, 0.25) is 0 Å². The van der Waals surface area contributed by atoms with E-state index >= 15 is 0 Å². The smallest absolute Gasteiger partial charge is 0.336 e. The molecule has 142 valence electrons. The van der Waals surface area contributed by atoms with Crippen LogP contribution in [0.1, 0.15) is 29.0 Å². The average Bonchev–Trinajstić information content (AvgIpc) is 2.73. The number of hydrogen-bond donors (Lipinski definition) is 0. The van der Waals surface area contributed by atoms with Gasteiger partial charge in [-0.25, -0.2) is 4.79 Å². The molecule has 0 amide bonds. The van der Waals surface area contributed by atoms with Crippen LogP contribution in [0.2, 0.25) is 0 Å². The van der Waals surface area contributed by atoms with Crippen molar-refractivity contribution < 1.29 is 13.9 Å². The van der Waals surface area contributed by atoms with Gasteiger partial charge in [-0.1, -0.05) is 30.3 Å². The van der Waals surface area contributed by atoms with Crippen LogP contribution in [0.25, 0.3) is 22.1 Å². The van der Waals surface area contributed by atoms with Gasteiger partial charge in [0.1, 0.15) is 11.3 Å². The second-order valence-electron chi connectivity index (χ2n) is 7.17. The van der Waals surface area contributed by atoms with Crippen molar-refractivity contribution in [3.63, 3.8) is 0 Å². The topological polar surface area (TPSA) is 69.4 Å². The van der Waals surface area contributed by atoms with Gasteiger partial charge in [-0.2, -0.15) is 0 Å². The van der Waals surface area contributed by atoms with Gasteiger partial charge in [-0.05, 0) is 41.8 Å². The normalized spacial score (nSPS) is 15.8. The van der Waals surface area contributed by atoms with E-state index in [1.54, 1.807) is 12.4 Å². The van der Waals surface area contributed by atoms with Crippen molar-refractivity contribution in [2.75, 3.05) is 0 Å². The minimum absolute atomic E-state index is 0.144. The molecule has 0 fully saturated rings. The molecule has 2 aromatic carbocycles. The van der Waals surface area contributed by atoms with Crippen molar-refractivity contribution in [1.29, 1.82) is 0 Å². The van der Waals surface area contributed by atoms with E-state index in [2.05, 4.69) is 4.98 Å². The summed E-state index contributed by atoms with van der Waals surface area (Å²) in [6.45, 7) is 1.95. The third-order valence-electron chi connectivity index (χ3n) is 5.36. The number of esters is 1. The molecule has 0 bridgehead atoms. The first-order valence-electron chi connectivity index (χ1n) is 9.39. The number of nitrogens with zero attached hydrogens (tertiary/aromatic N) is 1. The molecule has 29 heavy (non-hydrogen) atoms. The number of fused-ring (bicyclic) bond motifs is 3. The van der Waals surface area contributed by atoms with Crippen molar-refractivity contribution in [2.45, 2.75) is 19.3 Å². The summed E-state index contributed by atoms with van der Waals surface area (Å²) in [7, 11) is 0. The SMILES string of the molecule is Cc1cc2oc(=O)cc(-c3ccccc3)c2c2c1[C@H](c1ccncc1)CC(=O)O2. The maximum absolute atomic E-state index is 12.5. The van der Waals surface area contributed by atoms with Gasteiger partial charge in [-0.3, -0.25) is 9.78 Å². The molecule has 5 rings (SSSR count). The molecule has 0 saturated heterocycles. The van der Waals surface area contributed by atoms with Crippen LogP contribution in [0, 0.1) is 6.92 Å². The Morgan fingerprint density at radius 3 is 2.52 bits per heavy atom. The predicted molar refractivity (Wildman–Crippen MR) is 109 cm³/mol. The first-order valence-corrected chi connectivity index (χ1v) is 9.39. The molecule has 5 heteroatoms. The van der Waals surface area contributed by atoms with Crippen LogP contribution in [0.15, 0.2) is 76.2 Å². The maximum atomic E-state index is 12.5. The van der Waals surface area contributed by atoms with E-state index in [9.17, 15) is 9.59 Å². The number of hydrogen-bond acceptors (Lipinski definition) is 5. The Balaban J connectivity index is 1.87. The second kappa shape index (κ2) is 6.71. The van der Waals surface area contributed by atoms with Crippen molar-refractivity contribution in [3.8, 4) is 16.9 Å².